The average molecular weight is 260 g/mol. The molecule has 0 saturated heterocycles. The molecule has 1 N–H and O–H groups in total. The number of hydrogen-bond acceptors (Lipinski definition) is 1. The summed E-state index contributed by atoms with van der Waals surface area (Å²) in [7, 11) is 0. The van der Waals surface area contributed by atoms with Crippen molar-refractivity contribution in [1.29, 1.82) is 0 Å². The Kier molecular flexibility index (Phi) is 3.10. The maximum absolute atomic E-state index is 10.6. The lowest BCUT2D eigenvalue weighted by Crippen LogP contribution is -1.91. The van der Waals surface area contributed by atoms with Crippen molar-refractivity contribution in [2.45, 2.75) is 6.42 Å². The molecule has 2 heteroatoms. The van der Waals surface area contributed by atoms with Crippen LogP contribution in [0.25, 0.3) is 21.5 Å². The van der Waals surface area contributed by atoms with Crippen LogP contribution in [0.3, 0.4) is 0 Å². The van der Waals surface area contributed by atoms with Crippen LogP contribution in [0.1, 0.15) is 12.0 Å². The molecule has 0 radical (unpaired) electrons. The zero-order valence-corrected chi connectivity index (χ0v) is 10.8. The minimum atomic E-state index is -0.901. The quantitative estimate of drug-likeness (QED) is 0.533. The van der Waals surface area contributed by atoms with Gasteiger partial charge >= 0.3 is 5.97 Å². The normalized spacial score (nSPS) is 10.2. The number of benzene rings is 3. The smallest absolute Gasteiger partial charge is 0.315 e. The van der Waals surface area contributed by atoms with Gasteiger partial charge in [0.15, 0.2) is 0 Å². The number of carbonyl (C=O) groups is 1. The second kappa shape index (κ2) is 5.07. The highest BCUT2D eigenvalue weighted by atomic mass is 16.4. The predicted octanol–water partition coefficient (Wildman–Crippen LogP) is 3.82. The van der Waals surface area contributed by atoms with Gasteiger partial charge in [-0.05, 0) is 27.6 Å². The first kappa shape index (κ1) is 12.3. The molecule has 0 unspecified atom stereocenters. The fraction of sp³-hybridized carbons (Fsp3) is 0.0556. The van der Waals surface area contributed by atoms with Crippen LogP contribution in [-0.2, 0) is 4.79 Å². The molecule has 0 fully saturated rings. The molecule has 0 aromatic heterocycles. The highest BCUT2D eigenvalue weighted by Crippen LogP contribution is 2.27. The molecule has 0 saturated carbocycles. The Labute approximate surface area is 116 Å². The fourth-order valence-corrected chi connectivity index (χ4v) is 2.36. The van der Waals surface area contributed by atoms with E-state index in [1.165, 1.54) is 0 Å². The highest BCUT2D eigenvalue weighted by Gasteiger charge is 2.04. The molecule has 96 valence electrons. The van der Waals surface area contributed by atoms with E-state index in [1.54, 1.807) is 0 Å². The van der Waals surface area contributed by atoms with Gasteiger partial charge in [0.2, 0.25) is 0 Å². The minimum Gasteiger partial charge on any atom is -0.481 e. The summed E-state index contributed by atoms with van der Waals surface area (Å²) in [5.41, 5.74) is 0.903. The van der Waals surface area contributed by atoms with Crippen LogP contribution < -0.4 is 0 Å². The summed E-state index contributed by atoms with van der Waals surface area (Å²) in [4.78, 5) is 10.6. The third-order valence-corrected chi connectivity index (χ3v) is 3.22. The molecule has 0 aliphatic rings. The van der Waals surface area contributed by atoms with Gasteiger partial charge in [-0.2, -0.15) is 0 Å². The van der Waals surface area contributed by atoms with E-state index in [0.29, 0.717) is 0 Å². The van der Waals surface area contributed by atoms with Gasteiger partial charge in [-0.25, -0.2) is 0 Å². The Bertz CT molecular complexity index is 813. The molecular formula is C18H12O2. The zero-order chi connectivity index (χ0) is 13.9. The maximum atomic E-state index is 10.6. The van der Waals surface area contributed by atoms with Gasteiger partial charge in [-0.15, -0.1) is 0 Å². The van der Waals surface area contributed by atoms with E-state index in [1.807, 2.05) is 48.5 Å². The Morgan fingerprint density at radius 2 is 1.50 bits per heavy atom. The van der Waals surface area contributed by atoms with Gasteiger partial charge < -0.3 is 5.11 Å². The summed E-state index contributed by atoms with van der Waals surface area (Å²) >= 11 is 0. The van der Waals surface area contributed by atoms with Crippen LogP contribution >= 0.6 is 0 Å². The van der Waals surface area contributed by atoms with Crippen LogP contribution in [-0.4, -0.2) is 11.1 Å². The number of hydrogen-bond donors (Lipinski definition) is 1. The average Bonchev–Trinajstić information content (AvgIpc) is 2.46. The molecule has 3 aromatic carbocycles. The number of aliphatic carboxylic acids is 1. The topological polar surface area (TPSA) is 37.3 Å². The van der Waals surface area contributed by atoms with E-state index in [4.69, 9.17) is 5.11 Å². The molecule has 0 bridgehead atoms. The van der Waals surface area contributed by atoms with Crippen molar-refractivity contribution in [3.05, 3.63) is 60.2 Å². The van der Waals surface area contributed by atoms with Crippen molar-refractivity contribution in [1.82, 2.24) is 0 Å². The molecular weight excluding hydrogens is 248 g/mol. The first-order chi connectivity index (χ1) is 9.75. The van der Waals surface area contributed by atoms with E-state index < -0.39 is 5.97 Å². The maximum Gasteiger partial charge on any atom is 0.315 e. The first-order valence-electron chi connectivity index (χ1n) is 6.37. The molecule has 20 heavy (non-hydrogen) atoms. The molecule has 0 aliphatic carbocycles. The minimum absolute atomic E-state index is 0.141. The van der Waals surface area contributed by atoms with E-state index in [2.05, 4.69) is 17.9 Å². The lowest BCUT2D eigenvalue weighted by Gasteiger charge is -2.06. The highest BCUT2D eigenvalue weighted by molar-refractivity contribution is 6.04. The van der Waals surface area contributed by atoms with Crippen molar-refractivity contribution in [2.24, 2.45) is 0 Å². The van der Waals surface area contributed by atoms with Crippen LogP contribution in [0.15, 0.2) is 54.6 Å². The van der Waals surface area contributed by atoms with Crippen molar-refractivity contribution in [3.8, 4) is 11.8 Å². The van der Waals surface area contributed by atoms with Gasteiger partial charge in [0, 0.05) is 5.56 Å². The Hall–Kier alpha value is -2.79. The van der Waals surface area contributed by atoms with E-state index >= 15 is 0 Å². The number of fused-ring (bicyclic) bond motifs is 2. The molecule has 0 amide bonds. The summed E-state index contributed by atoms with van der Waals surface area (Å²) in [6.07, 6.45) is -0.141. The lowest BCUT2D eigenvalue weighted by atomic mass is 9.97. The van der Waals surface area contributed by atoms with Gasteiger partial charge in [0.05, 0.1) is 0 Å². The first-order valence-corrected chi connectivity index (χ1v) is 6.37. The van der Waals surface area contributed by atoms with Crippen molar-refractivity contribution >= 4 is 27.5 Å². The van der Waals surface area contributed by atoms with Crippen LogP contribution in [0.5, 0.6) is 0 Å². The Morgan fingerprint density at radius 3 is 2.05 bits per heavy atom. The summed E-state index contributed by atoms with van der Waals surface area (Å²) in [6, 6.07) is 18.2. The molecule has 2 nitrogen and oxygen atoms in total. The number of rotatable bonds is 1. The van der Waals surface area contributed by atoms with Gasteiger partial charge in [-0.3, -0.25) is 4.79 Å². The summed E-state index contributed by atoms with van der Waals surface area (Å²) in [5, 5.41) is 13.1. The molecule has 0 atom stereocenters. The van der Waals surface area contributed by atoms with Crippen LogP contribution in [0, 0.1) is 11.8 Å². The van der Waals surface area contributed by atoms with Crippen LogP contribution in [0.4, 0.5) is 0 Å². The largest absolute Gasteiger partial charge is 0.481 e. The third-order valence-electron chi connectivity index (χ3n) is 3.22. The van der Waals surface area contributed by atoms with Crippen molar-refractivity contribution in [3.63, 3.8) is 0 Å². The van der Waals surface area contributed by atoms with Gasteiger partial charge in [-0.1, -0.05) is 60.4 Å². The van der Waals surface area contributed by atoms with E-state index in [0.717, 1.165) is 27.1 Å². The summed E-state index contributed by atoms with van der Waals surface area (Å²) < 4.78 is 0. The van der Waals surface area contributed by atoms with Crippen molar-refractivity contribution < 1.29 is 9.90 Å². The second-order valence-corrected chi connectivity index (χ2v) is 4.57. The van der Waals surface area contributed by atoms with Crippen molar-refractivity contribution in [2.75, 3.05) is 0 Å². The summed E-state index contributed by atoms with van der Waals surface area (Å²) in [5.74, 6) is 4.87. The SMILES string of the molecule is O=C(O)CC#Cc1c2ccccc2cc2ccccc12. The monoisotopic (exact) mass is 260 g/mol. The predicted molar refractivity (Wildman–Crippen MR) is 80.6 cm³/mol. The second-order valence-electron chi connectivity index (χ2n) is 4.57. The van der Waals surface area contributed by atoms with E-state index in [-0.39, 0.29) is 6.42 Å². The van der Waals surface area contributed by atoms with Gasteiger partial charge in [0.25, 0.3) is 0 Å². The molecule has 3 aromatic rings. The summed E-state index contributed by atoms with van der Waals surface area (Å²) in [6.45, 7) is 0. The molecule has 0 spiro atoms. The number of carboxylic acid groups (broad SMARTS) is 1. The Morgan fingerprint density at radius 1 is 0.950 bits per heavy atom. The van der Waals surface area contributed by atoms with E-state index in [9.17, 15) is 4.79 Å². The molecule has 0 aliphatic heterocycles. The zero-order valence-electron chi connectivity index (χ0n) is 10.8. The fourth-order valence-electron chi connectivity index (χ4n) is 2.36. The Balaban J connectivity index is 2.32. The van der Waals surface area contributed by atoms with Crippen LogP contribution in [0.2, 0.25) is 0 Å². The third kappa shape index (κ3) is 2.22. The molecule has 3 rings (SSSR count). The molecule has 0 heterocycles. The standard InChI is InChI=1S/C18H12O2/c19-18(20)11-5-10-17-15-8-3-1-6-13(15)12-14-7-2-4-9-16(14)17/h1-4,6-9,12H,11H2,(H,19,20). The van der Waals surface area contributed by atoms with Gasteiger partial charge in [0.1, 0.15) is 6.42 Å². The lowest BCUT2D eigenvalue weighted by molar-refractivity contribution is -0.135. The number of carboxylic acids is 1.